The lowest BCUT2D eigenvalue weighted by Gasteiger charge is -2.48. The second kappa shape index (κ2) is 5.17. The third-order valence-corrected chi connectivity index (χ3v) is 4.06. The standard InChI is InChI=1S/C13H24N2O/c1-2-3-5-12(16)15-11-6-9-14-13(10-11)7-4-8-13/h11,14H,2-10H2,1H3,(H,15,16)/t11-/m0/s1. The van der Waals surface area contributed by atoms with Crippen LogP contribution in [0.2, 0.25) is 0 Å². The van der Waals surface area contributed by atoms with Gasteiger partial charge in [-0.15, -0.1) is 0 Å². The van der Waals surface area contributed by atoms with Crippen LogP contribution in [0.4, 0.5) is 0 Å². The van der Waals surface area contributed by atoms with Crippen molar-refractivity contribution in [1.29, 1.82) is 0 Å². The first-order valence-corrected chi connectivity index (χ1v) is 6.78. The fraction of sp³-hybridized carbons (Fsp3) is 0.923. The van der Waals surface area contributed by atoms with Crippen LogP contribution in [-0.2, 0) is 4.79 Å². The molecule has 0 bridgehead atoms. The van der Waals surface area contributed by atoms with Crippen LogP contribution < -0.4 is 10.6 Å². The molecule has 0 unspecified atom stereocenters. The zero-order chi connectivity index (χ0) is 11.4. The normalized spacial score (nSPS) is 27.4. The maximum Gasteiger partial charge on any atom is 0.220 e. The van der Waals surface area contributed by atoms with Gasteiger partial charge in [-0.2, -0.15) is 0 Å². The molecular weight excluding hydrogens is 200 g/mol. The van der Waals surface area contributed by atoms with Crippen molar-refractivity contribution in [2.45, 2.75) is 69.9 Å². The molecule has 0 aromatic rings. The molecule has 2 rings (SSSR count). The number of carbonyl (C=O) groups excluding carboxylic acids is 1. The maximum absolute atomic E-state index is 11.7. The molecule has 0 radical (unpaired) electrons. The molecule has 1 saturated carbocycles. The lowest BCUT2D eigenvalue weighted by atomic mass is 9.70. The predicted molar refractivity (Wildman–Crippen MR) is 65.3 cm³/mol. The molecule has 1 aliphatic heterocycles. The Morgan fingerprint density at radius 3 is 2.94 bits per heavy atom. The number of hydrogen-bond donors (Lipinski definition) is 2. The molecule has 2 fully saturated rings. The Morgan fingerprint density at radius 2 is 2.31 bits per heavy atom. The van der Waals surface area contributed by atoms with Gasteiger partial charge in [-0.3, -0.25) is 4.79 Å². The molecule has 3 nitrogen and oxygen atoms in total. The average Bonchev–Trinajstić information content (AvgIpc) is 2.24. The second-order valence-corrected chi connectivity index (χ2v) is 5.42. The minimum Gasteiger partial charge on any atom is -0.353 e. The minimum atomic E-state index is 0.253. The summed E-state index contributed by atoms with van der Waals surface area (Å²) >= 11 is 0. The summed E-state index contributed by atoms with van der Waals surface area (Å²) in [6.07, 6.45) is 9.01. The number of rotatable bonds is 4. The van der Waals surface area contributed by atoms with Crippen molar-refractivity contribution in [2.75, 3.05) is 6.54 Å². The van der Waals surface area contributed by atoms with Crippen LogP contribution >= 0.6 is 0 Å². The number of carbonyl (C=O) groups is 1. The highest BCUT2D eigenvalue weighted by Crippen LogP contribution is 2.38. The molecular formula is C13H24N2O. The van der Waals surface area contributed by atoms with E-state index in [2.05, 4.69) is 17.6 Å². The van der Waals surface area contributed by atoms with Crippen LogP contribution in [0.25, 0.3) is 0 Å². The Balaban J connectivity index is 1.74. The zero-order valence-electron chi connectivity index (χ0n) is 10.3. The Labute approximate surface area is 98.4 Å². The Bertz CT molecular complexity index is 248. The minimum absolute atomic E-state index is 0.253. The van der Waals surface area contributed by atoms with E-state index in [1.165, 1.54) is 19.3 Å². The van der Waals surface area contributed by atoms with E-state index in [-0.39, 0.29) is 5.91 Å². The predicted octanol–water partition coefficient (Wildman–Crippen LogP) is 1.97. The van der Waals surface area contributed by atoms with Gasteiger partial charge in [0.2, 0.25) is 5.91 Å². The van der Waals surface area contributed by atoms with Gasteiger partial charge in [0.1, 0.15) is 0 Å². The van der Waals surface area contributed by atoms with E-state index in [9.17, 15) is 4.79 Å². The third-order valence-electron chi connectivity index (χ3n) is 4.06. The summed E-state index contributed by atoms with van der Waals surface area (Å²) in [6.45, 7) is 3.19. The smallest absolute Gasteiger partial charge is 0.220 e. The van der Waals surface area contributed by atoms with Gasteiger partial charge in [0, 0.05) is 18.0 Å². The molecule has 1 amide bonds. The van der Waals surface area contributed by atoms with Gasteiger partial charge < -0.3 is 10.6 Å². The summed E-state index contributed by atoms with van der Waals surface area (Å²) in [5, 5.41) is 6.83. The Morgan fingerprint density at radius 1 is 1.50 bits per heavy atom. The number of hydrogen-bond acceptors (Lipinski definition) is 2. The Kier molecular flexibility index (Phi) is 3.85. The van der Waals surface area contributed by atoms with Crippen LogP contribution in [0.1, 0.15) is 58.3 Å². The summed E-state index contributed by atoms with van der Waals surface area (Å²) in [5.74, 6) is 0.253. The molecule has 1 aliphatic carbocycles. The lowest BCUT2D eigenvalue weighted by Crippen LogP contribution is -2.59. The van der Waals surface area contributed by atoms with E-state index in [0.717, 1.165) is 32.2 Å². The molecule has 2 aliphatic rings. The van der Waals surface area contributed by atoms with Crippen molar-refractivity contribution < 1.29 is 4.79 Å². The van der Waals surface area contributed by atoms with Gasteiger partial charge in [0.15, 0.2) is 0 Å². The van der Waals surface area contributed by atoms with Gasteiger partial charge in [-0.1, -0.05) is 13.3 Å². The van der Waals surface area contributed by atoms with Crippen LogP contribution in [0.3, 0.4) is 0 Å². The summed E-state index contributed by atoms with van der Waals surface area (Å²) in [6, 6.07) is 0.422. The lowest BCUT2D eigenvalue weighted by molar-refractivity contribution is -0.122. The molecule has 0 aromatic heterocycles. The summed E-state index contributed by atoms with van der Waals surface area (Å²) < 4.78 is 0. The van der Waals surface area contributed by atoms with E-state index in [1.54, 1.807) is 0 Å². The van der Waals surface area contributed by atoms with Gasteiger partial charge in [0.05, 0.1) is 0 Å². The van der Waals surface area contributed by atoms with E-state index >= 15 is 0 Å². The average molecular weight is 224 g/mol. The number of piperidine rings is 1. The van der Waals surface area contributed by atoms with Crippen molar-refractivity contribution in [3.05, 3.63) is 0 Å². The third kappa shape index (κ3) is 2.76. The highest BCUT2D eigenvalue weighted by Gasteiger charge is 2.41. The fourth-order valence-corrected chi connectivity index (χ4v) is 2.90. The van der Waals surface area contributed by atoms with Crippen LogP contribution in [0.5, 0.6) is 0 Å². The topological polar surface area (TPSA) is 41.1 Å². The summed E-state index contributed by atoms with van der Waals surface area (Å²) in [4.78, 5) is 11.7. The maximum atomic E-state index is 11.7. The largest absolute Gasteiger partial charge is 0.353 e. The summed E-state index contributed by atoms with van der Waals surface area (Å²) in [7, 11) is 0. The first-order chi connectivity index (χ1) is 7.74. The first kappa shape index (κ1) is 11.9. The van der Waals surface area contributed by atoms with Gasteiger partial charge >= 0.3 is 0 Å². The number of nitrogens with one attached hydrogen (secondary N) is 2. The van der Waals surface area contributed by atoms with Gasteiger partial charge in [0.25, 0.3) is 0 Å². The van der Waals surface area contributed by atoms with E-state index in [0.29, 0.717) is 18.0 Å². The molecule has 92 valence electrons. The fourth-order valence-electron chi connectivity index (χ4n) is 2.90. The van der Waals surface area contributed by atoms with Crippen molar-refractivity contribution in [2.24, 2.45) is 0 Å². The number of amides is 1. The van der Waals surface area contributed by atoms with Gasteiger partial charge in [-0.25, -0.2) is 0 Å². The Hall–Kier alpha value is -0.570. The van der Waals surface area contributed by atoms with Crippen LogP contribution in [0.15, 0.2) is 0 Å². The number of unbranched alkanes of at least 4 members (excludes halogenated alkanes) is 1. The van der Waals surface area contributed by atoms with Crippen LogP contribution in [0, 0.1) is 0 Å². The van der Waals surface area contributed by atoms with Crippen molar-refractivity contribution >= 4 is 5.91 Å². The molecule has 1 saturated heterocycles. The molecule has 1 spiro atoms. The molecule has 1 atom stereocenters. The second-order valence-electron chi connectivity index (χ2n) is 5.42. The summed E-state index contributed by atoms with van der Waals surface area (Å²) in [5.41, 5.74) is 0.390. The monoisotopic (exact) mass is 224 g/mol. The van der Waals surface area contributed by atoms with Crippen molar-refractivity contribution in [3.8, 4) is 0 Å². The van der Waals surface area contributed by atoms with Gasteiger partial charge in [-0.05, 0) is 45.1 Å². The first-order valence-electron chi connectivity index (χ1n) is 6.78. The van der Waals surface area contributed by atoms with E-state index in [4.69, 9.17) is 0 Å². The van der Waals surface area contributed by atoms with E-state index in [1.807, 2.05) is 0 Å². The highest BCUT2D eigenvalue weighted by atomic mass is 16.1. The van der Waals surface area contributed by atoms with Crippen LogP contribution in [-0.4, -0.2) is 24.0 Å². The molecule has 1 heterocycles. The molecule has 2 N–H and O–H groups in total. The molecule has 16 heavy (non-hydrogen) atoms. The van der Waals surface area contributed by atoms with Crippen molar-refractivity contribution in [3.63, 3.8) is 0 Å². The van der Waals surface area contributed by atoms with Crippen molar-refractivity contribution in [1.82, 2.24) is 10.6 Å². The molecule has 3 heteroatoms. The SMILES string of the molecule is CCCCC(=O)N[C@H]1CCNC2(CCC2)C1. The molecule has 0 aromatic carbocycles. The quantitative estimate of drug-likeness (QED) is 0.766. The highest BCUT2D eigenvalue weighted by molar-refractivity contribution is 5.76. The zero-order valence-corrected chi connectivity index (χ0v) is 10.3. The van der Waals surface area contributed by atoms with E-state index < -0.39 is 0 Å².